The molecule has 1 aliphatic carbocycles. The molecule has 2 aromatic carbocycles. The molecule has 3 rings (SSSR count). The number of aliphatic carboxylic acids is 1. The average molecular weight is 483 g/mol. The van der Waals surface area contributed by atoms with E-state index in [0.29, 0.717) is 25.8 Å². The molecule has 8 nitrogen and oxygen atoms in total. The van der Waals surface area contributed by atoms with E-state index < -0.39 is 29.7 Å². The normalized spacial score (nSPS) is 13.3. The van der Waals surface area contributed by atoms with E-state index in [1.54, 1.807) is 20.8 Å². The summed E-state index contributed by atoms with van der Waals surface area (Å²) < 4.78 is 10.6. The van der Waals surface area contributed by atoms with E-state index >= 15 is 0 Å². The Morgan fingerprint density at radius 1 is 0.914 bits per heavy atom. The van der Waals surface area contributed by atoms with Crippen molar-refractivity contribution < 1.29 is 29.0 Å². The smallest absolute Gasteiger partial charge is 0.407 e. The van der Waals surface area contributed by atoms with Crippen LogP contribution < -0.4 is 10.6 Å². The SMILES string of the molecule is CC(C)(C)OC(=O)NCCCC[C@H](CNC(=O)OCC1c2ccccc2-c2ccccc21)C(=O)O. The van der Waals surface area contributed by atoms with Gasteiger partial charge in [0.1, 0.15) is 12.2 Å². The van der Waals surface area contributed by atoms with Gasteiger partial charge in [0.2, 0.25) is 0 Å². The lowest BCUT2D eigenvalue weighted by Crippen LogP contribution is -2.34. The van der Waals surface area contributed by atoms with E-state index in [-0.39, 0.29) is 19.1 Å². The maximum atomic E-state index is 12.3. The summed E-state index contributed by atoms with van der Waals surface area (Å²) in [4.78, 5) is 35.6. The Labute approximate surface area is 206 Å². The predicted octanol–water partition coefficient (Wildman–Crippen LogP) is 4.92. The van der Waals surface area contributed by atoms with Crippen molar-refractivity contribution in [3.8, 4) is 11.1 Å². The van der Waals surface area contributed by atoms with Crippen LogP contribution >= 0.6 is 0 Å². The van der Waals surface area contributed by atoms with Gasteiger partial charge in [0.15, 0.2) is 0 Å². The molecule has 1 atom stereocenters. The average Bonchev–Trinajstić information content (AvgIpc) is 3.11. The van der Waals surface area contributed by atoms with Crippen molar-refractivity contribution >= 4 is 18.2 Å². The van der Waals surface area contributed by atoms with Gasteiger partial charge in [-0.1, -0.05) is 55.0 Å². The molecule has 0 heterocycles. The van der Waals surface area contributed by atoms with Crippen LogP contribution in [0.25, 0.3) is 11.1 Å². The zero-order valence-electron chi connectivity index (χ0n) is 20.5. The van der Waals surface area contributed by atoms with Gasteiger partial charge in [-0.2, -0.15) is 0 Å². The van der Waals surface area contributed by atoms with Gasteiger partial charge >= 0.3 is 18.2 Å². The van der Waals surface area contributed by atoms with Crippen LogP contribution in [-0.4, -0.2) is 48.6 Å². The first kappa shape index (κ1) is 26.1. The van der Waals surface area contributed by atoms with E-state index in [2.05, 4.69) is 22.8 Å². The molecule has 1 aliphatic rings. The number of carboxylic acids is 1. The molecule has 0 bridgehead atoms. The van der Waals surface area contributed by atoms with Crippen LogP contribution in [0.15, 0.2) is 48.5 Å². The lowest BCUT2D eigenvalue weighted by atomic mass is 9.98. The maximum absolute atomic E-state index is 12.3. The van der Waals surface area contributed by atoms with Crippen molar-refractivity contribution in [2.24, 2.45) is 5.92 Å². The molecular formula is C27H34N2O6. The maximum Gasteiger partial charge on any atom is 0.407 e. The molecule has 0 aromatic heterocycles. The van der Waals surface area contributed by atoms with E-state index in [9.17, 15) is 19.5 Å². The fraction of sp³-hybridized carbons (Fsp3) is 0.444. The Balaban J connectivity index is 1.41. The van der Waals surface area contributed by atoms with Crippen LogP contribution in [0.1, 0.15) is 57.1 Å². The van der Waals surface area contributed by atoms with E-state index in [4.69, 9.17) is 9.47 Å². The van der Waals surface area contributed by atoms with Crippen molar-refractivity contribution in [1.82, 2.24) is 10.6 Å². The summed E-state index contributed by atoms with van der Waals surface area (Å²) in [5, 5.41) is 14.7. The van der Waals surface area contributed by atoms with Crippen LogP contribution in [0.4, 0.5) is 9.59 Å². The van der Waals surface area contributed by atoms with Crippen LogP contribution in [0.2, 0.25) is 0 Å². The molecule has 188 valence electrons. The number of ether oxygens (including phenoxy) is 2. The minimum absolute atomic E-state index is 0.0223. The number of carbonyl (C=O) groups is 3. The Morgan fingerprint density at radius 3 is 2.09 bits per heavy atom. The number of nitrogens with one attached hydrogen (secondary N) is 2. The molecule has 3 N–H and O–H groups in total. The molecule has 0 saturated heterocycles. The van der Waals surface area contributed by atoms with Gasteiger partial charge in [-0.15, -0.1) is 0 Å². The standard InChI is InChI=1S/C27H34N2O6/c1-27(2,3)35-26(33)28-15-9-8-10-18(24(30)31)16-29-25(32)34-17-23-21-13-6-4-11-19(21)20-12-5-7-14-22(20)23/h4-7,11-14,18,23H,8-10,15-17H2,1-3H3,(H,28,33)(H,29,32)(H,30,31)/t18-/m1/s1. The lowest BCUT2D eigenvalue weighted by molar-refractivity contribution is -0.141. The first-order valence-electron chi connectivity index (χ1n) is 11.9. The van der Waals surface area contributed by atoms with Crippen molar-refractivity contribution in [1.29, 1.82) is 0 Å². The molecule has 0 unspecified atom stereocenters. The summed E-state index contributed by atoms with van der Waals surface area (Å²) >= 11 is 0. The molecule has 8 heteroatoms. The number of benzene rings is 2. The Bertz CT molecular complexity index is 1000. The van der Waals surface area contributed by atoms with Crippen molar-refractivity contribution in [3.63, 3.8) is 0 Å². The summed E-state index contributed by atoms with van der Waals surface area (Å²) in [7, 11) is 0. The van der Waals surface area contributed by atoms with Gasteiger partial charge < -0.3 is 25.2 Å². The molecule has 0 fully saturated rings. The molecular weight excluding hydrogens is 448 g/mol. The minimum atomic E-state index is -0.982. The first-order valence-corrected chi connectivity index (χ1v) is 11.9. The quantitative estimate of drug-likeness (QED) is 0.414. The number of fused-ring (bicyclic) bond motifs is 3. The largest absolute Gasteiger partial charge is 0.481 e. The molecule has 2 amide bonds. The number of alkyl carbamates (subject to hydrolysis) is 2. The summed E-state index contributed by atoms with van der Waals surface area (Å²) in [5.41, 5.74) is 3.95. The van der Waals surface area contributed by atoms with Gasteiger partial charge in [-0.3, -0.25) is 4.79 Å². The summed E-state index contributed by atoms with van der Waals surface area (Å²) in [6.45, 7) is 5.90. The van der Waals surface area contributed by atoms with Crippen LogP contribution in [0.3, 0.4) is 0 Å². The van der Waals surface area contributed by atoms with E-state index in [1.165, 1.54) is 0 Å². The summed E-state index contributed by atoms with van der Waals surface area (Å²) in [6.07, 6.45) is 0.427. The number of hydrogen-bond donors (Lipinski definition) is 3. The van der Waals surface area contributed by atoms with Crippen molar-refractivity contribution in [2.45, 2.75) is 51.6 Å². The number of amides is 2. The fourth-order valence-corrected chi connectivity index (χ4v) is 4.19. The summed E-state index contributed by atoms with van der Waals surface area (Å²) in [6, 6.07) is 16.1. The first-order chi connectivity index (χ1) is 16.7. The van der Waals surface area contributed by atoms with Crippen molar-refractivity contribution in [2.75, 3.05) is 19.7 Å². The highest BCUT2D eigenvalue weighted by Gasteiger charge is 2.29. The van der Waals surface area contributed by atoms with Gasteiger partial charge in [0.05, 0.1) is 5.92 Å². The zero-order chi connectivity index (χ0) is 25.4. The zero-order valence-corrected chi connectivity index (χ0v) is 20.5. The van der Waals surface area contributed by atoms with Crippen molar-refractivity contribution in [3.05, 3.63) is 59.7 Å². The number of hydrogen-bond acceptors (Lipinski definition) is 5. The third-order valence-corrected chi connectivity index (χ3v) is 5.83. The van der Waals surface area contributed by atoms with Gasteiger partial charge in [0, 0.05) is 19.0 Å². The summed E-state index contributed by atoms with van der Waals surface area (Å²) in [5.74, 6) is -1.78. The Kier molecular flexibility index (Phi) is 8.73. The molecule has 0 aliphatic heterocycles. The van der Waals surface area contributed by atoms with Gasteiger partial charge in [-0.05, 0) is 55.9 Å². The molecule has 0 radical (unpaired) electrons. The number of carboxylic acid groups (broad SMARTS) is 1. The number of carbonyl (C=O) groups excluding carboxylic acids is 2. The second-order valence-electron chi connectivity index (χ2n) is 9.67. The van der Waals surface area contributed by atoms with Crippen LogP contribution in [0, 0.1) is 5.92 Å². The predicted molar refractivity (Wildman–Crippen MR) is 132 cm³/mol. The Hall–Kier alpha value is -3.55. The second kappa shape index (κ2) is 11.7. The number of rotatable bonds is 10. The molecule has 35 heavy (non-hydrogen) atoms. The highest BCUT2D eigenvalue weighted by Crippen LogP contribution is 2.44. The monoisotopic (exact) mass is 482 g/mol. The third-order valence-electron chi connectivity index (χ3n) is 5.83. The molecule has 0 saturated carbocycles. The van der Waals surface area contributed by atoms with E-state index in [0.717, 1.165) is 22.3 Å². The highest BCUT2D eigenvalue weighted by atomic mass is 16.6. The lowest BCUT2D eigenvalue weighted by Gasteiger charge is -2.19. The van der Waals surface area contributed by atoms with Gasteiger partial charge in [0.25, 0.3) is 0 Å². The van der Waals surface area contributed by atoms with Gasteiger partial charge in [-0.25, -0.2) is 9.59 Å². The minimum Gasteiger partial charge on any atom is -0.481 e. The topological polar surface area (TPSA) is 114 Å². The van der Waals surface area contributed by atoms with Crippen LogP contribution in [0.5, 0.6) is 0 Å². The fourth-order valence-electron chi connectivity index (χ4n) is 4.19. The second-order valence-corrected chi connectivity index (χ2v) is 9.67. The third kappa shape index (κ3) is 7.47. The van der Waals surface area contributed by atoms with Crippen LogP contribution in [-0.2, 0) is 14.3 Å². The molecule has 2 aromatic rings. The van der Waals surface area contributed by atoms with E-state index in [1.807, 2.05) is 36.4 Å². The number of unbranched alkanes of at least 4 members (excludes halogenated alkanes) is 1. The highest BCUT2D eigenvalue weighted by molar-refractivity contribution is 5.79. The Morgan fingerprint density at radius 2 is 1.51 bits per heavy atom. The molecule has 0 spiro atoms.